The van der Waals surface area contributed by atoms with E-state index in [1.54, 1.807) is 4.57 Å². The van der Waals surface area contributed by atoms with Gasteiger partial charge in [-0.3, -0.25) is 4.79 Å². The van der Waals surface area contributed by atoms with Crippen molar-refractivity contribution in [3.05, 3.63) is 24.3 Å². The highest BCUT2D eigenvalue weighted by Gasteiger charge is 2.09. The average Bonchev–Trinajstić information content (AvgIpc) is 2.56. The molecule has 1 heterocycles. The first-order valence-electron chi connectivity index (χ1n) is 4.63. The Morgan fingerprint density at radius 2 is 2.31 bits per heavy atom. The van der Waals surface area contributed by atoms with E-state index in [1.165, 1.54) is 0 Å². The van der Waals surface area contributed by atoms with Crippen LogP contribution >= 0.6 is 0 Å². The predicted octanol–water partition coefficient (Wildman–Crippen LogP) is 0.648. The number of aromatic nitrogens is 2. The van der Waals surface area contributed by atoms with Crippen LogP contribution in [-0.4, -0.2) is 26.8 Å². The van der Waals surface area contributed by atoms with Gasteiger partial charge in [-0.25, -0.2) is 4.98 Å². The summed E-state index contributed by atoms with van der Waals surface area (Å²) in [6.45, 7) is 0.0103. The van der Waals surface area contributed by atoms with Crippen LogP contribution in [0.1, 0.15) is 0 Å². The van der Waals surface area contributed by atoms with Crippen molar-refractivity contribution in [3.8, 4) is 0 Å². The molecule has 0 atom stereocenters. The quantitative estimate of drug-likeness (QED) is 0.449. The Balaban J connectivity index is 2.43. The Morgan fingerprint density at radius 1 is 1.56 bits per heavy atom. The molecule has 0 fully saturated rings. The number of oxime groups is 1. The van der Waals surface area contributed by atoms with Crippen LogP contribution in [0.15, 0.2) is 29.4 Å². The summed E-state index contributed by atoms with van der Waals surface area (Å²) < 4.78 is 1.57. The molecule has 6 nitrogen and oxygen atoms in total. The molecule has 0 radical (unpaired) electrons. The largest absolute Gasteiger partial charge is 0.411 e. The number of carbonyl (C=O) groups excluding carboxylic acids is 1. The second-order valence-corrected chi connectivity index (χ2v) is 3.26. The molecule has 6 heteroatoms. The van der Waals surface area contributed by atoms with Crippen LogP contribution < -0.4 is 5.73 Å². The molecule has 16 heavy (non-hydrogen) atoms. The fourth-order valence-corrected chi connectivity index (χ4v) is 1.52. The zero-order valence-electron chi connectivity index (χ0n) is 8.37. The number of imidazole rings is 1. The van der Waals surface area contributed by atoms with Crippen LogP contribution in [0.5, 0.6) is 0 Å². The summed E-state index contributed by atoms with van der Waals surface area (Å²) in [5, 5.41) is 10.9. The topological polar surface area (TPSA) is 93.5 Å². The third-order valence-electron chi connectivity index (χ3n) is 2.20. The lowest BCUT2D eigenvalue weighted by Crippen LogP contribution is -2.13. The second-order valence-electron chi connectivity index (χ2n) is 3.26. The summed E-state index contributed by atoms with van der Waals surface area (Å²) >= 11 is 0. The molecule has 0 saturated carbocycles. The average molecular weight is 218 g/mol. The van der Waals surface area contributed by atoms with Crippen LogP contribution in [0.4, 0.5) is 5.95 Å². The van der Waals surface area contributed by atoms with Gasteiger partial charge in [0.1, 0.15) is 6.21 Å². The van der Waals surface area contributed by atoms with Gasteiger partial charge in [0, 0.05) is 0 Å². The first-order valence-corrected chi connectivity index (χ1v) is 4.63. The minimum atomic E-state index is -0.350. The molecule has 2 aromatic rings. The molecule has 0 unspecified atom stereocenters. The molecule has 0 bridgehead atoms. The van der Waals surface area contributed by atoms with Gasteiger partial charge in [-0.2, -0.15) is 0 Å². The molecular formula is C10H10N4O2. The van der Waals surface area contributed by atoms with E-state index in [9.17, 15) is 4.79 Å². The number of nitrogens with zero attached hydrogens (tertiary/aromatic N) is 3. The summed E-state index contributed by atoms with van der Waals surface area (Å²) in [5.74, 6) is -0.0850. The lowest BCUT2D eigenvalue weighted by atomic mass is 10.3. The van der Waals surface area contributed by atoms with Crippen molar-refractivity contribution in [1.29, 1.82) is 0 Å². The number of Topliss-reactive ketones (excluding diaryl/α,β-unsaturated/α-hetero) is 1. The molecule has 0 amide bonds. The Hall–Kier alpha value is -2.37. The molecule has 1 aromatic heterocycles. The van der Waals surface area contributed by atoms with Crippen LogP contribution in [0.3, 0.4) is 0 Å². The molecule has 0 spiro atoms. The van der Waals surface area contributed by atoms with Crippen molar-refractivity contribution >= 4 is 29.0 Å². The lowest BCUT2D eigenvalue weighted by molar-refractivity contribution is -0.113. The highest BCUT2D eigenvalue weighted by molar-refractivity contribution is 6.27. The number of nitrogens with two attached hydrogens (primary N) is 1. The Labute approximate surface area is 91.0 Å². The van der Waals surface area contributed by atoms with Gasteiger partial charge in [0.05, 0.1) is 17.6 Å². The van der Waals surface area contributed by atoms with E-state index >= 15 is 0 Å². The Kier molecular flexibility index (Phi) is 2.55. The third kappa shape index (κ3) is 1.72. The fraction of sp³-hybridized carbons (Fsp3) is 0.100. The monoisotopic (exact) mass is 218 g/mol. The number of nitrogen functional groups attached to an aromatic ring is 1. The van der Waals surface area contributed by atoms with Crippen LogP contribution in [0.25, 0.3) is 11.0 Å². The second kappa shape index (κ2) is 4.01. The number of rotatable bonds is 3. The molecule has 2 rings (SSSR count). The summed E-state index contributed by atoms with van der Waals surface area (Å²) in [6.07, 6.45) is 0.841. The number of benzene rings is 1. The van der Waals surface area contributed by atoms with Gasteiger partial charge in [0.25, 0.3) is 0 Å². The van der Waals surface area contributed by atoms with E-state index in [2.05, 4.69) is 10.1 Å². The van der Waals surface area contributed by atoms with Crippen LogP contribution in [0.2, 0.25) is 0 Å². The first-order chi connectivity index (χ1) is 7.72. The van der Waals surface area contributed by atoms with E-state index in [1.807, 2.05) is 24.3 Å². The molecular weight excluding hydrogens is 208 g/mol. The first kappa shape index (κ1) is 10.2. The third-order valence-corrected chi connectivity index (χ3v) is 2.20. The molecule has 3 N–H and O–H groups in total. The lowest BCUT2D eigenvalue weighted by Gasteiger charge is -2.02. The van der Waals surface area contributed by atoms with Crippen LogP contribution in [-0.2, 0) is 11.3 Å². The zero-order valence-corrected chi connectivity index (χ0v) is 8.37. The van der Waals surface area contributed by atoms with E-state index in [4.69, 9.17) is 10.9 Å². The minimum absolute atomic E-state index is 0.0103. The van der Waals surface area contributed by atoms with Gasteiger partial charge in [0.15, 0.2) is 5.78 Å². The van der Waals surface area contributed by atoms with Crippen molar-refractivity contribution < 1.29 is 10.0 Å². The maximum absolute atomic E-state index is 11.3. The summed E-state index contributed by atoms with van der Waals surface area (Å²) in [5.41, 5.74) is 7.20. The van der Waals surface area contributed by atoms with Gasteiger partial charge in [-0.05, 0) is 12.1 Å². The van der Waals surface area contributed by atoms with Gasteiger partial charge < -0.3 is 15.5 Å². The van der Waals surface area contributed by atoms with Gasteiger partial charge >= 0.3 is 0 Å². The van der Waals surface area contributed by atoms with Crippen LogP contribution in [0, 0.1) is 0 Å². The van der Waals surface area contributed by atoms with Crippen molar-refractivity contribution in [2.75, 3.05) is 5.73 Å². The minimum Gasteiger partial charge on any atom is -0.411 e. The van der Waals surface area contributed by atoms with E-state index < -0.39 is 0 Å². The number of anilines is 1. The molecule has 0 aliphatic rings. The maximum atomic E-state index is 11.3. The number of hydrogen-bond donors (Lipinski definition) is 2. The van der Waals surface area contributed by atoms with E-state index in [0.29, 0.717) is 0 Å². The number of carbonyl (C=O) groups is 1. The standard InChI is InChI=1S/C10H10N4O2/c11-10-13-8-3-1-2-4-9(8)14(10)6-7(15)5-12-16/h1-5,16H,6H2,(H2,11,13). The van der Waals surface area contributed by atoms with Crippen molar-refractivity contribution in [2.24, 2.45) is 5.16 Å². The smallest absolute Gasteiger partial charge is 0.201 e. The number of ketones is 1. The summed E-state index contributed by atoms with van der Waals surface area (Å²) in [7, 11) is 0. The number of fused-ring (bicyclic) bond motifs is 1. The predicted molar refractivity (Wildman–Crippen MR) is 59.4 cm³/mol. The van der Waals surface area contributed by atoms with Crippen molar-refractivity contribution in [3.63, 3.8) is 0 Å². The van der Waals surface area contributed by atoms with Crippen molar-refractivity contribution in [2.45, 2.75) is 6.54 Å². The van der Waals surface area contributed by atoms with E-state index in [0.717, 1.165) is 17.2 Å². The fourth-order valence-electron chi connectivity index (χ4n) is 1.52. The molecule has 0 aliphatic heterocycles. The van der Waals surface area contributed by atoms with Gasteiger partial charge in [0.2, 0.25) is 5.95 Å². The summed E-state index contributed by atoms with van der Waals surface area (Å²) in [6, 6.07) is 7.32. The number of para-hydroxylation sites is 2. The molecule has 0 aliphatic carbocycles. The zero-order chi connectivity index (χ0) is 11.5. The van der Waals surface area contributed by atoms with Gasteiger partial charge in [-0.15, -0.1) is 0 Å². The highest BCUT2D eigenvalue weighted by Crippen LogP contribution is 2.16. The van der Waals surface area contributed by atoms with Gasteiger partial charge in [-0.1, -0.05) is 17.3 Å². The molecule has 82 valence electrons. The highest BCUT2D eigenvalue weighted by atomic mass is 16.4. The Morgan fingerprint density at radius 3 is 3.06 bits per heavy atom. The van der Waals surface area contributed by atoms with E-state index in [-0.39, 0.29) is 18.3 Å². The molecule has 1 aromatic carbocycles. The number of hydrogen-bond acceptors (Lipinski definition) is 5. The SMILES string of the molecule is Nc1nc2ccccc2n1CC(=O)C=NO. The van der Waals surface area contributed by atoms with Crippen molar-refractivity contribution in [1.82, 2.24) is 9.55 Å². The normalized spacial score (nSPS) is 11.2. The Bertz CT molecular complexity index is 559. The summed E-state index contributed by atoms with van der Waals surface area (Å²) in [4.78, 5) is 15.4. The maximum Gasteiger partial charge on any atom is 0.201 e. The molecule has 0 saturated heterocycles.